The highest BCUT2D eigenvalue weighted by Crippen LogP contribution is 2.29. The van der Waals surface area contributed by atoms with E-state index in [0.29, 0.717) is 16.3 Å². The maximum Gasteiger partial charge on any atom is 0.348 e. The number of rotatable bonds is 9. The van der Waals surface area contributed by atoms with Crippen LogP contribution in [0.2, 0.25) is 5.02 Å². The van der Waals surface area contributed by atoms with Crippen LogP contribution < -0.4 is 14.8 Å². The van der Waals surface area contributed by atoms with Crippen molar-refractivity contribution >= 4 is 60.6 Å². The van der Waals surface area contributed by atoms with Gasteiger partial charge in [-0.25, -0.2) is 13.2 Å². The molecular formula is C26H23ClN2O6S2. The molecule has 8 nitrogen and oxygen atoms in total. The van der Waals surface area contributed by atoms with Crippen molar-refractivity contribution in [1.29, 1.82) is 0 Å². The minimum atomic E-state index is -4.11. The first-order valence-corrected chi connectivity index (χ1v) is 13.7. The summed E-state index contributed by atoms with van der Waals surface area (Å²) in [5, 5.41) is 3.66. The standard InChI is InChI=1S/C26H23ClN2O6S2/c1-34-22-10-9-19(15-20(22)27)37(32,33)29-21(12-16-6-4-3-5-7-16)25(30)28-18-8-11-23-17(13-18)14-24(36-23)26(31)35-2/h3-11,13-15,21,29H,12H2,1-2H3,(H,28,30). The molecule has 0 aliphatic carbocycles. The first-order chi connectivity index (χ1) is 17.7. The number of methoxy groups -OCH3 is 2. The molecule has 4 rings (SSSR count). The molecule has 1 amide bonds. The third-order valence-electron chi connectivity index (χ3n) is 5.50. The fraction of sp³-hybridized carbons (Fsp3) is 0.154. The lowest BCUT2D eigenvalue weighted by molar-refractivity contribution is -0.117. The number of nitrogens with one attached hydrogen (secondary N) is 2. The molecule has 37 heavy (non-hydrogen) atoms. The van der Waals surface area contributed by atoms with Gasteiger partial charge in [0.05, 0.1) is 24.1 Å². The number of halogens is 1. The zero-order valence-corrected chi connectivity index (χ0v) is 22.2. The van der Waals surface area contributed by atoms with Crippen molar-refractivity contribution in [1.82, 2.24) is 4.72 Å². The summed E-state index contributed by atoms with van der Waals surface area (Å²) in [7, 11) is -1.37. The smallest absolute Gasteiger partial charge is 0.348 e. The average molecular weight is 559 g/mol. The Hall–Kier alpha value is -3.44. The van der Waals surface area contributed by atoms with E-state index in [0.717, 1.165) is 15.6 Å². The van der Waals surface area contributed by atoms with Gasteiger partial charge in [-0.05, 0) is 59.8 Å². The van der Waals surface area contributed by atoms with Gasteiger partial charge < -0.3 is 14.8 Å². The molecule has 0 aliphatic heterocycles. The van der Waals surface area contributed by atoms with Crippen molar-refractivity contribution in [3.8, 4) is 5.75 Å². The Morgan fingerprint density at radius 3 is 2.43 bits per heavy atom. The number of carbonyl (C=O) groups is 2. The van der Waals surface area contributed by atoms with Crippen LogP contribution in [0.3, 0.4) is 0 Å². The summed E-state index contributed by atoms with van der Waals surface area (Å²) >= 11 is 7.40. The lowest BCUT2D eigenvalue weighted by Crippen LogP contribution is -2.45. The number of hydrogen-bond donors (Lipinski definition) is 2. The highest BCUT2D eigenvalue weighted by atomic mass is 35.5. The van der Waals surface area contributed by atoms with Gasteiger partial charge in [-0.1, -0.05) is 41.9 Å². The average Bonchev–Trinajstić information content (AvgIpc) is 3.32. The van der Waals surface area contributed by atoms with Crippen LogP contribution >= 0.6 is 22.9 Å². The first-order valence-electron chi connectivity index (χ1n) is 11.0. The molecule has 1 atom stereocenters. The Morgan fingerprint density at radius 2 is 1.76 bits per heavy atom. The largest absolute Gasteiger partial charge is 0.495 e. The van der Waals surface area contributed by atoms with Crippen LogP contribution in [0, 0.1) is 0 Å². The second-order valence-electron chi connectivity index (χ2n) is 8.00. The molecule has 1 heterocycles. The Kier molecular flexibility index (Phi) is 8.13. The second-order valence-corrected chi connectivity index (χ2v) is 11.2. The molecule has 0 bridgehead atoms. The third-order valence-corrected chi connectivity index (χ3v) is 8.36. The van der Waals surface area contributed by atoms with Gasteiger partial charge in [0.2, 0.25) is 15.9 Å². The number of hydrogen-bond acceptors (Lipinski definition) is 7. The summed E-state index contributed by atoms with van der Waals surface area (Å²) in [5.74, 6) is -0.657. The molecule has 2 N–H and O–H groups in total. The van der Waals surface area contributed by atoms with Crippen LogP contribution in [0.4, 0.5) is 5.69 Å². The van der Waals surface area contributed by atoms with Gasteiger partial charge in [-0.3, -0.25) is 4.79 Å². The predicted molar refractivity (Wildman–Crippen MR) is 144 cm³/mol. The quantitative estimate of drug-likeness (QED) is 0.283. The van der Waals surface area contributed by atoms with E-state index in [1.165, 1.54) is 43.8 Å². The van der Waals surface area contributed by atoms with Crippen LogP contribution in [-0.4, -0.2) is 40.6 Å². The van der Waals surface area contributed by atoms with E-state index in [2.05, 4.69) is 10.0 Å². The van der Waals surface area contributed by atoms with E-state index in [1.54, 1.807) is 24.3 Å². The maximum atomic E-state index is 13.3. The number of benzene rings is 3. The molecule has 0 saturated carbocycles. The number of carbonyl (C=O) groups excluding carboxylic acids is 2. The number of fused-ring (bicyclic) bond motifs is 1. The van der Waals surface area contributed by atoms with Crippen LogP contribution in [-0.2, 0) is 26.0 Å². The van der Waals surface area contributed by atoms with Crippen molar-refractivity contribution in [2.75, 3.05) is 19.5 Å². The minimum Gasteiger partial charge on any atom is -0.495 e. The predicted octanol–water partition coefficient (Wildman–Crippen LogP) is 4.88. The Morgan fingerprint density at radius 1 is 1.00 bits per heavy atom. The molecule has 1 aromatic heterocycles. The van der Waals surface area contributed by atoms with E-state index in [1.807, 2.05) is 30.3 Å². The molecule has 4 aromatic rings. The van der Waals surface area contributed by atoms with Crippen molar-refractivity contribution < 1.29 is 27.5 Å². The molecule has 192 valence electrons. The zero-order chi connectivity index (χ0) is 26.6. The van der Waals surface area contributed by atoms with E-state index in [-0.39, 0.29) is 16.3 Å². The van der Waals surface area contributed by atoms with Gasteiger partial charge in [0, 0.05) is 10.4 Å². The minimum absolute atomic E-state index is 0.0980. The summed E-state index contributed by atoms with van der Waals surface area (Å²) in [6, 6.07) is 18.9. The van der Waals surface area contributed by atoms with Gasteiger partial charge in [0.25, 0.3) is 0 Å². The van der Waals surface area contributed by atoms with Gasteiger partial charge in [-0.15, -0.1) is 11.3 Å². The number of thiophene rings is 1. The molecular weight excluding hydrogens is 536 g/mol. The number of esters is 1. The molecule has 3 aromatic carbocycles. The first kappa shape index (κ1) is 26.6. The van der Waals surface area contributed by atoms with E-state index in [4.69, 9.17) is 21.1 Å². The topological polar surface area (TPSA) is 111 Å². The van der Waals surface area contributed by atoms with Gasteiger partial charge >= 0.3 is 5.97 Å². The van der Waals surface area contributed by atoms with Crippen LogP contribution in [0.5, 0.6) is 5.75 Å². The fourth-order valence-corrected chi connectivity index (χ4v) is 6.16. The number of amides is 1. The van der Waals surface area contributed by atoms with Crippen molar-refractivity contribution in [3.05, 3.63) is 88.3 Å². The van der Waals surface area contributed by atoms with E-state index >= 15 is 0 Å². The summed E-state index contributed by atoms with van der Waals surface area (Å²) in [6.07, 6.45) is 0.114. The highest BCUT2D eigenvalue weighted by Gasteiger charge is 2.27. The Balaban J connectivity index is 1.60. The van der Waals surface area contributed by atoms with Crippen LogP contribution in [0.15, 0.2) is 77.7 Å². The van der Waals surface area contributed by atoms with Crippen LogP contribution in [0.25, 0.3) is 10.1 Å². The molecule has 0 radical (unpaired) electrons. The maximum absolute atomic E-state index is 13.3. The molecule has 0 aliphatic rings. The highest BCUT2D eigenvalue weighted by molar-refractivity contribution is 7.89. The molecule has 1 unspecified atom stereocenters. The summed E-state index contributed by atoms with van der Waals surface area (Å²) in [6.45, 7) is 0. The Bertz CT molecular complexity index is 1550. The molecule has 0 saturated heterocycles. The molecule has 0 fully saturated rings. The van der Waals surface area contributed by atoms with Crippen molar-refractivity contribution in [2.24, 2.45) is 0 Å². The number of sulfonamides is 1. The van der Waals surface area contributed by atoms with Gasteiger partial charge in [0.1, 0.15) is 16.7 Å². The SMILES string of the molecule is COC(=O)c1cc2cc(NC(=O)C(Cc3ccccc3)NS(=O)(=O)c3ccc(OC)c(Cl)c3)ccc2s1. The van der Waals surface area contributed by atoms with Gasteiger partial charge in [-0.2, -0.15) is 4.72 Å². The monoisotopic (exact) mass is 558 g/mol. The van der Waals surface area contributed by atoms with Crippen molar-refractivity contribution in [3.63, 3.8) is 0 Å². The van der Waals surface area contributed by atoms with Gasteiger partial charge in [0.15, 0.2) is 0 Å². The van der Waals surface area contributed by atoms with E-state index < -0.39 is 27.9 Å². The third kappa shape index (κ3) is 6.28. The lowest BCUT2D eigenvalue weighted by atomic mass is 10.1. The summed E-state index contributed by atoms with van der Waals surface area (Å²) in [5.41, 5.74) is 1.23. The van der Waals surface area contributed by atoms with Crippen LogP contribution in [0.1, 0.15) is 15.2 Å². The normalized spacial score (nSPS) is 12.2. The van der Waals surface area contributed by atoms with Crippen molar-refractivity contribution in [2.45, 2.75) is 17.4 Å². The number of ether oxygens (including phenoxy) is 2. The number of anilines is 1. The Labute approximate surface area is 223 Å². The summed E-state index contributed by atoms with van der Waals surface area (Å²) < 4.78 is 39.6. The second kappa shape index (κ2) is 11.3. The summed E-state index contributed by atoms with van der Waals surface area (Å²) in [4.78, 5) is 25.5. The molecule has 0 spiro atoms. The fourth-order valence-electron chi connectivity index (χ4n) is 3.66. The molecule has 11 heteroatoms. The zero-order valence-electron chi connectivity index (χ0n) is 19.9. The lowest BCUT2D eigenvalue weighted by Gasteiger charge is -2.19. The van der Waals surface area contributed by atoms with E-state index in [9.17, 15) is 18.0 Å².